The third kappa shape index (κ3) is 2.68. The summed E-state index contributed by atoms with van der Waals surface area (Å²) < 4.78 is 17.0. The van der Waals surface area contributed by atoms with Crippen LogP contribution in [0.3, 0.4) is 0 Å². The van der Waals surface area contributed by atoms with Crippen LogP contribution >= 0.6 is 0 Å². The molecule has 0 aliphatic carbocycles. The molecule has 3 aliphatic heterocycles. The van der Waals surface area contributed by atoms with Gasteiger partial charge in [0.25, 0.3) is 0 Å². The summed E-state index contributed by atoms with van der Waals surface area (Å²) >= 11 is 0. The third-order valence-corrected chi connectivity index (χ3v) is 4.90. The van der Waals surface area contributed by atoms with Gasteiger partial charge in [-0.25, -0.2) is 4.79 Å². The summed E-state index contributed by atoms with van der Waals surface area (Å²) in [6.45, 7) is 4.63. The number of benzene rings is 1. The van der Waals surface area contributed by atoms with Gasteiger partial charge in [-0.2, -0.15) is 5.06 Å². The molecular formula is C17H21N3O6. The molecule has 1 aromatic carbocycles. The number of rotatable bonds is 4. The first-order chi connectivity index (χ1) is 12.3. The minimum atomic E-state index is -0.896. The third-order valence-electron chi connectivity index (χ3n) is 4.90. The number of fused-ring (bicyclic) bond motifs is 4. The van der Waals surface area contributed by atoms with Crippen LogP contribution in [0.5, 0.6) is 5.75 Å². The van der Waals surface area contributed by atoms with E-state index in [0.29, 0.717) is 35.2 Å². The molecule has 140 valence electrons. The SMILES string of the molecule is CC1(C)OCC(COc2ccc3c(c2)C2CN(C(=O)N2O)C3C(N)=O)O1. The number of amides is 3. The number of ether oxygens (including phenoxy) is 3. The molecular weight excluding hydrogens is 342 g/mol. The maximum atomic E-state index is 12.1. The quantitative estimate of drug-likeness (QED) is 0.769. The molecule has 3 unspecified atom stereocenters. The van der Waals surface area contributed by atoms with Gasteiger partial charge in [-0.15, -0.1) is 0 Å². The lowest BCUT2D eigenvalue weighted by molar-refractivity contribution is -0.141. The van der Waals surface area contributed by atoms with Gasteiger partial charge in [-0.3, -0.25) is 10.0 Å². The molecule has 3 N–H and O–H groups in total. The zero-order chi connectivity index (χ0) is 18.6. The predicted molar refractivity (Wildman–Crippen MR) is 87.2 cm³/mol. The normalized spacial score (nSPS) is 29.0. The van der Waals surface area contributed by atoms with Crippen LogP contribution in [0.1, 0.15) is 37.1 Å². The second-order valence-corrected chi connectivity index (χ2v) is 7.15. The molecule has 3 atom stereocenters. The summed E-state index contributed by atoms with van der Waals surface area (Å²) in [5.74, 6) is -0.703. The van der Waals surface area contributed by atoms with Crippen molar-refractivity contribution in [2.75, 3.05) is 19.8 Å². The van der Waals surface area contributed by atoms with Crippen molar-refractivity contribution in [3.8, 4) is 5.75 Å². The first-order valence-corrected chi connectivity index (χ1v) is 8.43. The van der Waals surface area contributed by atoms with Crippen molar-refractivity contribution in [2.45, 2.75) is 37.8 Å². The van der Waals surface area contributed by atoms with E-state index in [9.17, 15) is 14.8 Å². The summed E-state index contributed by atoms with van der Waals surface area (Å²) in [4.78, 5) is 25.3. The van der Waals surface area contributed by atoms with Crippen molar-refractivity contribution in [2.24, 2.45) is 5.73 Å². The van der Waals surface area contributed by atoms with Crippen LogP contribution < -0.4 is 10.5 Å². The zero-order valence-corrected chi connectivity index (χ0v) is 14.5. The Kier molecular flexibility index (Phi) is 3.83. The number of carbonyl (C=O) groups excluding carboxylic acids is 2. The van der Waals surface area contributed by atoms with Gasteiger partial charge in [0.05, 0.1) is 13.2 Å². The molecule has 0 spiro atoms. The summed E-state index contributed by atoms with van der Waals surface area (Å²) in [5, 5.41) is 10.7. The van der Waals surface area contributed by atoms with Gasteiger partial charge in [-0.1, -0.05) is 6.07 Å². The standard InChI is InChI=1S/C17H21N3O6/c1-17(2)25-8-10(26-17)7-24-9-3-4-11-12(5-9)13-6-19(14(11)15(18)21)16(22)20(13)23/h3-5,10,13-14,23H,6-8H2,1-2H3,(H2,18,21). The molecule has 9 heteroatoms. The first-order valence-electron chi connectivity index (χ1n) is 8.43. The van der Waals surface area contributed by atoms with Crippen LogP contribution in [0.2, 0.25) is 0 Å². The lowest BCUT2D eigenvalue weighted by Gasteiger charge is -2.30. The van der Waals surface area contributed by atoms with Gasteiger partial charge in [0.1, 0.15) is 30.5 Å². The van der Waals surface area contributed by atoms with E-state index in [1.807, 2.05) is 13.8 Å². The Labute approximate surface area is 150 Å². The van der Waals surface area contributed by atoms with Gasteiger partial charge in [0.2, 0.25) is 5.91 Å². The fourth-order valence-corrected chi connectivity index (χ4v) is 3.74. The number of carbonyl (C=O) groups is 2. The Morgan fingerprint density at radius 2 is 2.19 bits per heavy atom. The summed E-state index contributed by atoms with van der Waals surface area (Å²) in [5.41, 5.74) is 6.74. The smallest absolute Gasteiger partial charge is 0.345 e. The molecule has 2 fully saturated rings. The number of nitrogens with two attached hydrogens (primary N) is 1. The van der Waals surface area contributed by atoms with Crippen LogP contribution in [0.4, 0.5) is 4.79 Å². The Morgan fingerprint density at radius 1 is 1.42 bits per heavy atom. The van der Waals surface area contributed by atoms with E-state index in [0.717, 1.165) is 0 Å². The maximum Gasteiger partial charge on any atom is 0.345 e. The fourth-order valence-electron chi connectivity index (χ4n) is 3.74. The average molecular weight is 363 g/mol. The van der Waals surface area contributed by atoms with Crippen LogP contribution in [0.25, 0.3) is 0 Å². The second-order valence-electron chi connectivity index (χ2n) is 7.15. The van der Waals surface area contributed by atoms with Gasteiger partial charge in [0, 0.05) is 0 Å². The van der Waals surface area contributed by atoms with Crippen molar-refractivity contribution < 1.29 is 29.0 Å². The minimum Gasteiger partial charge on any atom is -0.491 e. The lowest BCUT2D eigenvalue weighted by Crippen LogP contribution is -2.41. The average Bonchev–Trinajstić information content (AvgIpc) is 3.06. The van der Waals surface area contributed by atoms with E-state index in [1.54, 1.807) is 18.2 Å². The van der Waals surface area contributed by atoms with Crippen molar-refractivity contribution in [1.82, 2.24) is 9.96 Å². The number of hydrogen-bond acceptors (Lipinski definition) is 6. The highest BCUT2D eigenvalue weighted by Crippen LogP contribution is 2.44. The molecule has 0 saturated carbocycles. The number of nitrogens with zero attached hydrogens (tertiary/aromatic N) is 2. The molecule has 0 aromatic heterocycles. The summed E-state index contributed by atoms with van der Waals surface area (Å²) in [6, 6.07) is 3.08. The second kappa shape index (κ2) is 5.83. The van der Waals surface area contributed by atoms with Gasteiger partial charge in [0.15, 0.2) is 5.79 Å². The van der Waals surface area contributed by atoms with Gasteiger partial charge >= 0.3 is 6.03 Å². The largest absolute Gasteiger partial charge is 0.491 e. The fraction of sp³-hybridized carbons (Fsp3) is 0.529. The van der Waals surface area contributed by atoms with E-state index in [4.69, 9.17) is 19.9 Å². The topological polar surface area (TPSA) is 115 Å². The summed E-state index contributed by atoms with van der Waals surface area (Å²) in [7, 11) is 0. The van der Waals surface area contributed by atoms with Crippen molar-refractivity contribution in [3.63, 3.8) is 0 Å². The summed E-state index contributed by atoms with van der Waals surface area (Å²) in [6.07, 6.45) is -0.183. The molecule has 1 aromatic rings. The van der Waals surface area contributed by atoms with E-state index < -0.39 is 29.8 Å². The molecule has 0 radical (unpaired) electrons. The number of primary amides is 1. The predicted octanol–water partition coefficient (Wildman–Crippen LogP) is 0.925. The van der Waals surface area contributed by atoms with E-state index in [-0.39, 0.29) is 12.6 Å². The van der Waals surface area contributed by atoms with Crippen molar-refractivity contribution >= 4 is 11.9 Å². The Bertz CT molecular complexity index is 767. The molecule has 26 heavy (non-hydrogen) atoms. The first kappa shape index (κ1) is 17.1. The van der Waals surface area contributed by atoms with E-state index in [2.05, 4.69) is 0 Å². The Morgan fingerprint density at radius 3 is 2.85 bits per heavy atom. The number of hydroxylamine groups is 2. The number of hydrogen-bond donors (Lipinski definition) is 2. The van der Waals surface area contributed by atoms with Crippen molar-refractivity contribution in [3.05, 3.63) is 29.3 Å². The minimum absolute atomic E-state index is 0.183. The lowest BCUT2D eigenvalue weighted by atomic mass is 9.90. The van der Waals surface area contributed by atoms with Crippen LogP contribution in [-0.4, -0.2) is 58.8 Å². The molecule has 2 saturated heterocycles. The Hall–Kier alpha value is -2.36. The molecule has 3 amide bonds. The highest BCUT2D eigenvalue weighted by molar-refractivity contribution is 5.90. The van der Waals surface area contributed by atoms with Crippen LogP contribution in [-0.2, 0) is 14.3 Å². The zero-order valence-electron chi connectivity index (χ0n) is 14.5. The molecule has 3 aliphatic rings. The molecule has 3 heterocycles. The molecule has 9 nitrogen and oxygen atoms in total. The number of urea groups is 1. The molecule has 4 rings (SSSR count). The monoisotopic (exact) mass is 363 g/mol. The van der Waals surface area contributed by atoms with E-state index >= 15 is 0 Å². The Balaban J connectivity index is 1.57. The highest BCUT2D eigenvalue weighted by Gasteiger charge is 2.49. The van der Waals surface area contributed by atoms with Crippen LogP contribution in [0, 0.1) is 0 Å². The van der Waals surface area contributed by atoms with Gasteiger partial charge < -0.3 is 24.8 Å². The van der Waals surface area contributed by atoms with Crippen molar-refractivity contribution in [1.29, 1.82) is 0 Å². The van der Waals surface area contributed by atoms with Crippen LogP contribution in [0.15, 0.2) is 18.2 Å². The maximum absolute atomic E-state index is 12.1. The van der Waals surface area contributed by atoms with E-state index in [1.165, 1.54) is 4.90 Å². The molecule has 2 bridgehead atoms. The van der Waals surface area contributed by atoms with Gasteiger partial charge in [-0.05, 0) is 37.1 Å². The highest BCUT2D eigenvalue weighted by atomic mass is 16.7.